The fraction of sp³-hybridized carbons (Fsp3) is 0.929. The second-order valence-corrected chi connectivity index (χ2v) is 5.72. The molecule has 0 spiro atoms. The van der Waals surface area contributed by atoms with Gasteiger partial charge in [0.05, 0.1) is 17.6 Å². The molecule has 1 aliphatic carbocycles. The van der Waals surface area contributed by atoms with Crippen molar-refractivity contribution in [3.63, 3.8) is 0 Å². The Morgan fingerprint density at radius 1 is 1.35 bits per heavy atom. The highest BCUT2D eigenvalue weighted by atomic mass is 16.5. The van der Waals surface area contributed by atoms with Gasteiger partial charge in [0.25, 0.3) is 0 Å². The van der Waals surface area contributed by atoms with Crippen LogP contribution in [-0.4, -0.2) is 25.8 Å². The van der Waals surface area contributed by atoms with E-state index < -0.39 is 0 Å². The van der Waals surface area contributed by atoms with Gasteiger partial charge in [0.15, 0.2) is 0 Å². The molecule has 2 atom stereocenters. The Morgan fingerprint density at radius 3 is 2.76 bits per heavy atom. The van der Waals surface area contributed by atoms with Crippen molar-refractivity contribution < 1.29 is 4.74 Å². The molecule has 0 amide bonds. The van der Waals surface area contributed by atoms with E-state index in [0.717, 1.165) is 25.8 Å². The SMILES string of the molecule is COC1CCCC1NCCCCC(C)(C)C#N. The fourth-order valence-electron chi connectivity index (χ4n) is 2.48. The molecule has 1 N–H and O–H groups in total. The Morgan fingerprint density at radius 2 is 2.12 bits per heavy atom. The summed E-state index contributed by atoms with van der Waals surface area (Å²) in [4.78, 5) is 0. The lowest BCUT2D eigenvalue weighted by molar-refractivity contribution is 0.0851. The van der Waals surface area contributed by atoms with E-state index >= 15 is 0 Å². The second-order valence-electron chi connectivity index (χ2n) is 5.72. The van der Waals surface area contributed by atoms with Crippen LogP contribution in [0.1, 0.15) is 52.4 Å². The van der Waals surface area contributed by atoms with Crippen molar-refractivity contribution in [1.29, 1.82) is 5.26 Å². The number of nitrogens with one attached hydrogen (secondary N) is 1. The molecule has 0 aliphatic heterocycles. The van der Waals surface area contributed by atoms with E-state index in [1.807, 2.05) is 13.8 Å². The minimum atomic E-state index is -0.164. The van der Waals surface area contributed by atoms with Crippen molar-refractivity contribution in [2.75, 3.05) is 13.7 Å². The van der Waals surface area contributed by atoms with E-state index in [4.69, 9.17) is 10.00 Å². The van der Waals surface area contributed by atoms with Crippen molar-refractivity contribution in [3.8, 4) is 6.07 Å². The summed E-state index contributed by atoms with van der Waals surface area (Å²) < 4.78 is 5.45. The van der Waals surface area contributed by atoms with E-state index in [1.165, 1.54) is 19.3 Å². The monoisotopic (exact) mass is 238 g/mol. The zero-order chi connectivity index (χ0) is 12.7. The van der Waals surface area contributed by atoms with E-state index in [-0.39, 0.29) is 5.41 Å². The molecule has 98 valence electrons. The van der Waals surface area contributed by atoms with Gasteiger partial charge in [-0.05, 0) is 52.5 Å². The Kier molecular flexibility index (Phi) is 5.94. The Bertz CT molecular complexity index is 257. The topological polar surface area (TPSA) is 45.0 Å². The van der Waals surface area contributed by atoms with E-state index in [2.05, 4.69) is 11.4 Å². The number of nitrogens with zero attached hydrogens (tertiary/aromatic N) is 1. The van der Waals surface area contributed by atoms with Crippen LogP contribution in [0.25, 0.3) is 0 Å². The fourth-order valence-corrected chi connectivity index (χ4v) is 2.48. The van der Waals surface area contributed by atoms with Gasteiger partial charge in [0.2, 0.25) is 0 Å². The predicted molar refractivity (Wildman–Crippen MR) is 69.7 cm³/mol. The first-order valence-electron chi connectivity index (χ1n) is 6.76. The molecule has 17 heavy (non-hydrogen) atoms. The van der Waals surface area contributed by atoms with Gasteiger partial charge in [-0.25, -0.2) is 0 Å². The summed E-state index contributed by atoms with van der Waals surface area (Å²) in [5.41, 5.74) is -0.164. The average Bonchev–Trinajstić information content (AvgIpc) is 2.76. The third-order valence-corrected chi connectivity index (χ3v) is 3.69. The predicted octanol–water partition coefficient (Wildman–Crippen LogP) is 2.86. The summed E-state index contributed by atoms with van der Waals surface area (Å²) in [6.07, 6.45) is 7.38. The second kappa shape index (κ2) is 6.98. The van der Waals surface area contributed by atoms with Crippen LogP contribution in [0, 0.1) is 16.7 Å². The zero-order valence-corrected chi connectivity index (χ0v) is 11.5. The Balaban J connectivity index is 2.07. The molecular formula is C14H26N2O. The largest absolute Gasteiger partial charge is 0.380 e. The van der Waals surface area contributed by atoms with Crippen molar-refractivity contribution in [3.05, 3.63) is 0 Å². The molecule has 1 rings (SSSR count). The smallest absolute Gasteiger partial charge is 0.0724 e. The van der Waals surface area contributed by atoms with Gasteiger partial charge >= 0.3 is 0 Å². The van der Waals surface area contributed by atoms with Crippen LogP contribution >= 0.6 is 0 Å². The molecule has 0 heterocycles. The summed E-state index contributed by atoms with van der Waals surface area (Å²) in [5.74, 6) is 0. The Hall–Kier alpha value is -0.590. The Labute approximate surface area is 106 Å². The lowest BCUT2D eigenvalue weighted by Crippen LogP contribution is -2.37. The maximum Gasteiger partial charge on any atom is 0.0724 e. The van der Waals surface area contributed by atoms with Crippen LogP contribution in [0.5, 0.6) is 0 Å². The van der Waals surface area contributed by atoms with Gasteiger partial charge in [0.1, 0.15) is 0 Å². The van der Waals surface area contributed by atoms with E-state index in [9.17, 15) is 0 Å². The van der Waals surface area contributed by atoms with Gasteiger partial charge < -0.3 is 10.1 Å². The third-order valence-electron chi connectivity index (χ3n) is 3.69. The van der Waals surface area contributed by atoms with Crippen LogP contribution < -0.4 is 5.32 Å². The van der Waals surface area contributed by atoms with Crippen LogP contribution in [0.3, 0.4) is 0 Å². The zero-order valence-electron chi connectivity index (χ0n) is 11.5. The maximum atomic E-state index is 8.91. The third kappa shape index (κ3) is 5.06. The van der Waals surface area contributed by atoms with Crippen LogP contribution in [0.4, 0.5) is 0 Å². The molecule has 2 unspecified atom stereocenters. The van der Waals surface area contributed by atoms with Gasteiger partial charge in [-0.2, -0.15) is 5.26 Å². The first kappa shape index (κ1) is 14.5. The van der Waals surface area contributed by atoms with Crippen molar-refractivity contribution in [2.45, 2.75) is 64.5 Å². The number of ether oxygens (including phenoxy) is 1. The van der Waals surface area contributed by atoms with Gasteiger partial charge in [-0.1, -0.05) is 6.42 Å². The van der Waals surface area contributed by atoms with Crippen molar-refractivity contribution in [2.24, 2.45) is 5.41 Å². The number of hydrogen-bond acceptors (Lipinski definition) is 3. The van der Waals surface area contributed by atoms with Crippen molar-refractivity contribution in [1.82, 2.24) is 5.32 Å². The highest BCUT2D eigenvalue weighted by Crippen LogP contribution is 2.23. The van der Waals surface area contributed by atoms with Crippen LogP contribution in [0.15, 0.2) is 0 Å². The average molecular weight is 238 g/mol. The first-order chi connectivity index (χ1) is 8.09. The molecule has 1 fully saturated rings. The highest BCUT2D eigenvalue weighted by molar-refractivity contribution is 4.91. The standard InChI is InChI=1S/C14H26N2O/c1-14(2,11-15)9-4-5-10-16-12-7-6-8-13(12)17-3/h12-13,16H,4-10H2,1-3H3. The summed E-state index contributed by atoms with van der Waals surface area (Å²) in [5, 5.41) is 12.5. The lowest BCUT2D eigenvalue weighted by Gasteiger charge is -2.20. The molecule has 3 nitrogen and oxygen atoms in total. The van der Waals surface area contributed by atoms with E-state index in [1.54, 1.807) is 7.11 Å². The van der Waals surface area contributed by atoms with Gasteiger partial charge in [-0.3, -0.25) is 0 Å². The number of unbranched alkanes of at least 4 members (excludes halogenated alkanes) is 1. The quantitative estimate of drug-likeness (QED) is 0.694. The van der Waals surface area contributed by atoms with Crippen LogP contribution in [-0.2, 0) is 4.74 Å². The molecule has 0 aromatic heterocycles. The normalized spacial score (nSPS) is 24.8. The minimum Gasteiger partial charge on any atom is -0.380 e. The van der Waals surface area contributed by atoms with Gasteiger partial charge in [0, 0.05) is 13.2 Å². The number of rotatable bonds is 7. The number of methoxy groups -OCH3 is 1. The van der Waals surface area contributed by atoms with Crippen molar-refractivity contribution >= 4 is 0 Å². The molecule has 3 heteroatoms. The van der Waals surface area contributed by atoms with Gasteiger partial charge in [-0.15, -0.1) is 0 Å². The lowest BCUT2D eigenvalue weighted by atomic mass is 9.89. The minimum absolute atomic E-state index is 0.164. The highest BCUT2D eigenvalue weighted by Gasteiger charge is 2.26. The number of hydrogen-bond donors (Lipinski definition) is 1. The molecule has 0 radical (unpaired) electrons. The molecule has 0 aromatic carbocycles. The summed E-state index contributed by atoms with van der Waals surface area (Å²) in [7, 11) is 1.81. The van der Waals surface area contributed by atoms with Crippen LogP contribution in [0.2, 0.25) is 0 Å². The molecule has 0 bridgehead atoms. The molecular weight excluding hydrogens is 212 g/mol. The summed E-state index contributed by atoms with van der Waals surface area (Å²) in [6.45, 7) is 5.07. The number of nitriles is 1. The molecule has 1 aliphatic rings. The maximum absolute atomic E-state index is 8.91. The molecule has 1 saturated carbocycles. The molecule has 0 aromatic rings. The summed E-state index contributed by atoms with van der Waals surface area (Å²) >= 11 is 0. The summed E-state index contributed by atoms with van der Waals surface area (Å²) in [6, 6.07) is 2.89. The first-order valence-corrected chi connectivity index (χ1v) is 6.76. The molecule has 0 saturated heterocycles. The van der Waals surface area contributed by atoms with E-state index in [0.29, 0.717) is 12.1 Å².